The summed E-state index contributed by atoms with van der Waals surface area (Å²) in [6, 6.07) is 60.4. The fourth-order valence-corrected chi connectivity index (χ4v) is 7.81. The van der Waals surface area contributed by atoms with Crippen molar-refractivity contribution >= 4 is 62.0 Å². The lowest BCUT2D eigenvalue weighted by atomic mass is 10.1. The minimum Gasteiger partial charge on any atom is -0.309 e. The molecule has 0 unspecified atom stereocenters. The van der Waals surface area contributed by atoms with E-state index < -0.39 is 0 Å². The van der Waals surface area contributed by atoms with Crippen molar-refractivity contribution in [1.82, 2.24) is 23.9 Å². The lowest BCUT2D eigenvalue weighted by Gasteiger charge is -2.14. The molecular formula is C48H33N7. The quantitative estimate of drug-likeness (QED) is 0.128. The molecular weight excluding hydrogens is 675 g/mol. The van der Waals surface area contributed by atoms with Crippen LogP contribution in [0.15, 0.2) is 192 Å². The summed E-state index contributed by atoms with van der Waals surface area (Å²) >= 11 is 0. The van der Waals surface area contributed by atoms with Gasteiger partial charge in [-0.2, -0.15) is 0 Å². The molecule has 7 heteroatoms. The van der Waals surface area contributed by atoms with Crippen LogP contribution in [-0.2, 0) is 0 Å². The Kier molecular flexibility index (Phi) is 7.63. The Balaban J connectivity index is 1.23. The summed E-state index contributed by atoms with van der Waals surface area (Å²) in [4.78, 5) is 9.46. The SMILES string of the molecule is C=N/C(=N\C(=C)c1ccccc1)n1c2ccccc2c2cccc(-c3nnc(-c4ccc5c(c4)c4ccccc4n5-c4ccccc4)n3-c3ccccc3)c21. The van der Waals surface area contributed by atoms with Gasteiger partial charge in [0.25, 0.3) is 0 Å². The smallest absolute Gasteiger partial charge is 0.234 e. The van der Waals surface area contributed by atoms with Crippen LogP contribution in [0.1, 0.15) is 5.56 Å². The summed E-state index contributed by atoms with van der Waals surface area (Å²) in [5.41, 5.74) is 9.49. The van der Waals surface area contributed by atoms with E-state index in [0.29, 0.717) is 17.5 Å². The Morgan fingerprint density at radius 3 is 1.76 bits per heavy atom. The van der Waals surface area contributed by atoms with E-state index in [4.69, 9.17) is 15.2 Å². The normalized spacial score (nSPS) is 11.9. The second kappa shape index (κ2) is 13.1. The zero-order valence-corrected chi connectivity index (χ0v) is 29.8. The van der Waals surface area contributed by atoms with Gasteiger partial charge in [0.05, 0.1) is 27.8 Å². The van der Waals surface area contributed by atoms with Gasteiger partial charge in [0, 0.05) is 44.0 Å². The number of hydrogen-bond acceptors (Lipinski definition) is 3. The maximum absolute atomic E-state index is 4.98. The van der Waals surface area contributed by atoms with E-state index in [1.807, 2.05) is 60.7 Å². The first-order valence-electron chi connectivity index (χ1n) is 18.1. The van der Waals surface area contributed by atoms with Crippen molar-refractivity contribution in [1.29, 1.82) is 0 Å². The minimum atomic E-state index is 0.416. The van der Waals surface area contributed by atoms with E-state index >= 15 is 0 Å². The molecule has 3 aromatic heterocycles. The molecule has 7 nitrogen and oxygen atoms in total. The van der Waals surface area contributed by atoms with Crippen LogP contribution >= 0.6 is 0 Å². The van der Waals surface area contributed by atoms with Gasteiger partial charge >= 0.3 is 0 Å². The molecule has 0 aliphatic heterocycles. The average molecular weight is 708 g/mol. The zero-order chi connectivity index (χ0) is 36.9. The molecule has 10 aromatic rings. The second-order valence-electron chi connectivity index (χ2n) is 13.4. The summed E-state index contributed by atoms with van der Waals surface area (Å²) in [5.74, 6) is 1.83. The molecule has 0 aliphatic rings. The number of para-hydroxylation sites is 5. The Hall–Kier alpha value is -7.64. The van der Waals surface area contributed by atoms with E-state index in [-0.39, 0.29) is 0 Å². The molecule has 0 aliphatic carbocycles. The average Bonchev–Trinajstić information content (AvgIpc) is 3.94. The summed E-state index contributed by atoms with van der Waals surface area (Å²) < 4.78 is 6.53. The molecule has 0 fully saturated rings. The maximum Gasteiger partial charge on any atom is 0.234 e. The van der Waals surface area contributed by atoms with E-state index in [2.05, 4.69) is 147 Å². The number of nitrogens with zero attached hydrogens (tertiary/aromatic N) is 7. The lowest BCUT2D eigenvalue weighted by molar-refractivity contribution is 1.07. The summed E-state index contributed by atoms with van der Waals surface area (Å²) in [7, 11) is 0. The van der Waals surface area contributed by atoms with E-state index in [0.717, 1.165) is 72.1 Å². The molecule has 0 N–H and O–H groups in total. The number of aliphatic imine (C=N–C) groups is 2. The summed E-state index contributed by atoms with van der Waals surface area (Å²) in [6.45, 7) is 8.28. The number of hydrogen-bond donors (Lipinski definition) is 0. The molecule has 3 heterocycles. The van der Waals surface area contributed by atoms with Gasteiger partial charge in [0.15, 0.2) is 11.6 Å². The van der Waals surface area contributed by atoms with Gasteiger partial charge in [-0.3, -0.25) is 9.13 Å². The van der Waals surface area contributed by atoms with Crippen LogP contribution in [0.25, 0.3) is 83.5 Å². The molecule has 0 atom stereocenters. The molecule has 0 saturated carbocycles. The highest BCUT2D eigenvalue weighted by Gasteiger charge is 2.24. The van der Waals surface area contributed by atoms with Crippen molar-refractivity contribution in [2.45, 2.75) is 0 Å². The first kappa shape index (κ1) is 32.0. The van der Waals surface area contributed by atoms with Crippen molar-refractivity contribution in [2.75, 3.05) is 0 Å². The third kappa shape index (κ3) is 5.21. The van der Waals surface area contributed by atoms with E-state index in [1.54, 1.807) is 0 Å². The molecule has 55 heavy (non-hydrogen) atoms. The molecule has 10 rings (SSSR count). The molecule has 7 aromatic carbocycles. The van der Waals surface area contributed by atoms with Crippen LogP contribution in [0.4, 0.5) is 0 Å². The van der Waals surface area contributed by atoms with Crippen LogP contribution < -0.4 is 0 Å². The lowest BCUT2D eigenvalue weighted by Crippen LogP contribution is -2.10. The van der Waals surface area contributed by atoms with Gasteiger partial charge < -0.3 is 4.57 Å². The highest BCUT2D eigenvalue weighted by Crippen LogP contribution is 2.40. The Morgan fingerprint density at radius 2 is 1.05 bits per heavy atom. The predicted octanol–water partition coefficient (Wildman–Crippen LogP) is 11.4. The topological polar surface area (TPSA) is 65.3 Å². The van der Waals surface area contributed by atoms with Crippen molar-refractivity contribution in [2.24, 2.45) is 9.98 Å². The molecule has 0 radical (unpaired) electrons. The Labute approximate surface area is 317 Å². The number of rotatable bonds is 6. The van der Waals surface area contributed by atoms with Gasteiger partial charge in [0.1, 0.15) is 0 Å². The van der Waals surface area contributed by atoms with Gasteiger partial charge in [-0.15, -0.1) is 10.2 Å². The molecule has 0 spiro atoms. The minimum absolute atomic E-state index is 0.416. The Morgan fingerprint density at radius 1 is 0.491 bits per heavy atom. The van der Waals surface area contributed by atoms with Crippen LogP contribution in [0, 0.1) is 0 Å². The third-order valence-corrected chi connectivity index (χ3v) is 10.2. The predicted molar refractivity (Wildman–Crippen MR) is 227 cm³/mol. The molecule has 0 saturated heterocycles. The number of benzene rings is 7. The number of fused-ring (bicyclic) bond motifs is 6. The summed E-state index contributed by atoms with van der Waals surface area (Å²) in [5, 5.41) is 14.3. The monoisotopic (exact) mass is 707 g/mol. The standard InChI is InChI=1S/C48H33N7/c1-32(33-17-6-3-7-18-33)50-48(49-2)55-43-28-15-12-23-37(43)39-25-16-26-40(45(39)55)47-52-51-46(54(47)36-21-10-5-11-22-36)34-29-30-44-41(31-34)38-24-13-14-27-42(38)53(44)35-19-8-4-9-20-35/h3-31H,1-2H2/b50-48+. The van der Waals surface area contributed by atoms with Gasteiger partial charge in [0.2, 0.25) is 5.96 Å². The second-order valence-corrected chi connectivity index (χ2v) is 13.4. The highest BCUT2D eigenvalue weighted by molar-refractivity contribution is 6.18. The van der Waals surface area contributed by atoms with Crippen LogP contribution in [-0.4, -0.2) is 36.6 Å². The fraction of sp³-hybridized carbons (Fsp3) is 0. The zero-order valence-electron chi connectivity index (χ0n) is 29.8. The van der Waals surface area contributed by atoms with Crippen molar-refractivity contribution in [3.63, 3.8) is 0 Å². The van der Waals surface area contributed by atoms with Gasteiger partial charge in [-0.05, 0) is 72.9 Å². The van der Waals surface area contributed by atoms with Crippen molar-refractivity contribution in [3.05, 3.63) is 188 Å². The van der Waals surface area contributed by atoms with Gasteiger partial charge in [-0.1, -0.05) is 122 Å². The van der Waals surface area contributed by atoms with E-state index in [9.17, 15) is 0 Å². The largest absolute Gasteiger partial charge is 0.309 e. The maximum atomic E-state index is 4.98. The van der Waals surface area contributed by atoms with Crippen LogP contribution in [0.3, 0.4) is 0 Å². The molecule has 0 amide bonds. The van der Waals surface area contributed by atoms with Crippen molar-refractivity contribution < 1.29 is 0 Å². The third-order valence-electron chi connectivity index (χ3n) is 10.2. The fourth-order valence-electron chi connectivity index (χ4n) is 7.81. The molecule has 0 bridgehead atoms. The van der Waals surface area contributed by atoms with Crippen LogP contribution in [0.2, 0.25) is 0 Å². The van der Waals surface area contributed by atoms with Crippen LogP contribution in [0.5, 0.6) is 0 Å². The summed E-state index contributed by atoms with van der Waals surface area (Å²) in [6.07, 6.45) is 0. The molecule has 260 valence electrons. The number of aromatic nitrogens is 5. The van der Waals surface area contributed by atoms with Crippen molar-refractivity contribution in [3.8, 4) is 34.2 Å². The highest BCUT2D eigenvalue weighted by atomic mass is 15.3. The first-order valence-corrected chi connectivity index (χ1v) is 18.1. The van der Waals surface area contributed by atoms with Gasteiger partial charge in [-0.25, -0.2) is 9.98 Å². The first-order chi connectivity index (χ1) is 27.2. The Bertz CT molecular complexity index is 3110. The van der Waals surface area contributed by atoms with E-state index in [1.165, 1.54) is 5.39 Å².